The molecule has 0 radical (unpaired) electrons. The largest absolute Gasteiger partial charge is 0.399 e. The summed E-state index contributed by atoms with van der Waals surface area (Å²) in [6, 6.07) is 12.1. The van der Waals surface area contributed by atoms with Crippen molar-refractivity contribution in [1.29, 1.82) is 0 Å². The highest BCUT2D eigenvalue weighted by molar-refractivity contribution is 6.30. The van der Waals surface area contributed by atoms with Crippen LogP contribution in [0.25, 0.3) is 0 Å². The van der Waals surface area contributed by atoms with Gasteiger partial charge in [-0.3, -0.25) is 4.79 Å². The van der Waals surface area contributed by atoms with Crippen molar-refractivity contribution in [2.24, 2.45) is 5.73 Å². The summed E-state index contributed by atoms with van der Waals surface area (Å²) in [7, 11) is 0. The highest BCUT2D eigenvalue weighted by Crippen LogP contribution is 2.24. The van der Waals surface area contributed by atoms with E-state index in [0.29, 0.717) is 22.0 Å². The number of nitrogen functional groups attached to an aromatic ring is 1. The standard InChI is InChI=1S/C13H12ClN3O/c14-8-2-1-3-10(6-8)17-12-5-4-9(15)7-11(12)13(16)18/h1-7,17H,15H2,(H2,16,18). The molecule has 2 aromatic carbocycles. The zero-order valence-corrected chi connectivity index (χ0v) is 10.2. The summed E-state index contributed by atoms with van der Waals surface area (Å²) >= 11 is 5.89. The molecule has 0 aliphatic heterocycles. The van der Waals surface area contributed by atoms with Gasteiger partial charge in [0.25, 0.3) is 5.91 Å². The van der Waals surface area contributed by atoms with Crippen LogP contribution >= 0.6 is 11.6 Å². The number of benzene rings is 2. The van der Waals surface area contributed by atoms with Crippen LogP contribution in [-0.4, -0.2) is 5.91 Å². The van der Waals surface area contributed by atoms with Gasteiger partial charge >= 0.3 is 0 Å². The van der Waals surface area contributed by atoms with Crippen LogP contribution in [0, 0.1) is 0 Å². The number of hydrogen-bond donors (Lipinski definition) is 3. The molecule has 0 aromatic heterocycles. The van der Waals surface area contributed by atoms with Crippen LogP contribution in [0.3, 0.4) is 0 Å². The Bertz CT molecular complexity index is 599. The van der Waals surface area contributed by atoms with Gasteiger partial charge in [0.2, 0.25) is 0 Å². The second-order valence-corrected chi connectivity index (χ2v) is 4.24. The number of rotatable bonds is 3. The predicted molar refractivity (Wildman–Crippen MR) is 74.1 cm³/mol. The lowest BCUT2D eigenvalue weighted by Gasteiger charge is -2.11. The maximum Gasteiger partial charge on any atom is 0.250 e. The highest BCUT2D eigenvalue weighted by atomic mass is 35.5. The van der Waals surface area contributed by atoms with E-state index >= 15 is 0 Å². The maximum atomic E-state index is 11.3. The molecule has 92 valence electrons. The van der Waals surface area contributed by atoms with Crippen LogP contribution in [-0.2, 0) is 0 Å². The zero-order chi connectivity index (χ0) is 13.1. The van der Waals surface area contributed by atoms with Gasteiger partial charge in [0, 0.05) is 16.4 Å². The van der Waals surface area contributed by atoms with Crippen molar-refractivity contribution in [3.05, 3.63) is 53.1 Å². The number of nitrogens with one attached hydrogen (secondary N) is 1. The van der Waals surface area contributed by atoms with Crippen molar-refractivity contribution >= 4 is 34.6 Å². The van der Waals surface area contributed by atoms with Crippen LogP contribution in [0.2, 0.25) is 5.02 Å². The molecule has 5 N–H and O–H groups in total. The quantitative estimate of drug-likeness (QED) is 0.743. The minimum absolute atomic E-state index is 0.343. The average Bonchev–Trinajstić information content (AvgIpc) is 2.31. The van der Waals surface area contributed by atoms with Gasteiger partial charge in [-0.1, -0.05) is 17.7 Å². The van der Waals surface area contributed by atoms with Crippen LogP contribution in [0.5, 0.6) is 0 Å². The van der Waals surface area contributed by atoms with Gasteiger partial charge < -0.3 is 16.8 Å². The summed E-state index contributed by atoms with van der Waals surface area (Å²) < 4.78 is 0. The topological polar surface area (TPSA) is 81.1 Å². The Balaban J connectivity index is 2.37. The third-order valence-electron chi connectivity index (χ3n) is 2.41. The molecule has 0 heterocycles. The molecule has 2 rings (SSSR count). The van der Waals surface area contributed by atoms with E-state index in [1.165, 1.54) is 6.07 Å². The van der Waals surface area contributed by atoms with E-state index in [0.717, 1.165) is 5.69 Å². The van der Waals surface area contributed by atoms with Crippen molar-refractivity contribution in [3.8, 4) is 0 Å². The molecule has 2 aromatic rings. The van der Waals surface area contributed by atoms with Crippen LogP contribution in [0.1, 0.15) is 10.4 Å². The SMILES string of the molecule is NC(=O)c1cc(N)ccc1Nc1cccc(Cl)c1. The first-order chi connectivity index (χ1) is 8.56. The molecule has 0 spiro atoms. The Kier molecular flexibility index (Phi) is 3.39. The predicted octanol–water partition coefficient (Wildman–Crippen LogP) is 2.76. The van der Waals surface area contributed by atoms with E-state index < -0.39 is 5.91 Å². The fraction of sp³-hybridized carbons (Fsp3) is 0. The third-order valence-corrected chi connectivity index (χ3v) is 2.65. The van der Waals surface area contributed by atoms with Crippen molar-refractivity contribution in [2.75, 3.05) is 11.1 Å². The van der Waals surface area contributed by atoms with Crippen molar-refractivity contribution in [3.63, 3.8) is 0 Å². The Morgan fingerprint density at radius 1 is 1.17 bits per heavy atom. The average molecular weight is 262 g/mol. The first-order valence-electron chi connectivity index (χ1n) is 5.28. The third kappa shape index (κ3) is 2.73. The normalized spacial score (nSPS) is 10.1. The molecule has 1 amide bonds. The number of nitrogens with two attached hydrogens (primary N) is 2. The molecule has 0 saturated carbocycles. The minimum atomic E-state index is -0.535. The van der Waals surface area contributed by atoms with E-state index in [4.69, 9.17) is 23.1 Å². The van der Waals surface area contributed by atoms with Crippen molar-refractivity contribution in [2.45, 2.75) is 0 Å². The summed E-state index contributed by atoms with van der Waals surface area (Å²) in [5, 5.41) is 3.69. The molecule has 0 fully saturated rings. The first kappa shape index (κ1) is 12.3. The lowest BCUT2D eigenvalue weighted by molar-refractivity contribution is 0.100. The van der Waals surface area contributed by atoms with Gasteiger partial charge in [0.05, 0.1) is 11.3 Å². The molecule has 0 saturated heterocycles. The second kappa shape index (κ2) is 4.98. The van der Waals surface area contributed by atoms with E-state index in [-0.39, 0.29) is 0 Å². The van der Waals surface area contributed by atoms with Gasteiger partial charge in [-0.05, 0) is 36.4 Å². The van der Waals surface area contributed by atoms with Gasteiger partial charge in [-0.2, -0.15) is 0 Å². The zero-order valence-electron chi connectivity index (χ0n) is 9.48. The number of halogens is 1. The molecular weight excluding hydrogens is 250 g/mol. The summed E-state index contributed by atoms with van der Waals surface area (Å²) in [5.74, 6) is -0.535. The van der Waals surface area contributed by atoms with E-state index in [9.17, 15) is 4.79 Å². The monoisotopic (exact) mass is 261 g/mol. The number of carbonyl (C=O) groups is 1. The first-order valence-corrected chi connectivity index (χ1v) is 5.66. The van der Waals surface area contributed by atoms with Gasteiger partial charge in [-0.15, -0.1) is 0 Å². The molecule has 18 heavy (non-hydrogen) atoms. The molecule has 0 bridgehead atoms. The number of amides is 1. The molecule has 0 atom stereocenters. The summed E-state index contributed by atoms with van der Waals surface area (Å²) in [5.41, 5.74) is 13.1. The molecule has 4 nitrogen and oxygen atoms in total. The van der Waals surface area contributed by atoms with Crippen molar-refractivity contribution in [1.82, 2.24) is 0 Å². The Morgan fingerprint density at radius 3 is 2.61 bits per heavy atom. The van der Waals surface area contributed by atoms with Crippen molar-refractivity contribution < 1.29 is 4.79 Å². The molecule has 5 heteroatoms. The highest BCUT2D eigenvalue weighted by Gasteiger charge is 2.08. The van der Waals surface area contributed by atoms with Crippen LogP contribution in [0.4, 0.5) is 17.1 Å². The fourth-order valence-electron chi connectivity index (χ4n) is 1.60. The number of anilines is 3. The fourth-order valence-corrected chi connectivity index (χ4v) is 1.79. The van der Waals surface area contributed by atoms with Crippen LogP contribution < -0.4 is 16.8 Å². The summed E-state index contributed by atoms with van der Waals surface area (Å²) in [6.45, 7) is 0. The van der Waals surface area contributed by atoms with Gasteiger partial charge in [0.15, 0.2) is 0 Å². The van der Waals surface area contributed by atoms with E-state index in [2.05, 4.69) is 5.32 Å². The maximum absolute atomic E-state index is 11.3. The summed E-state index contributed by atoms with van der Waals surface area (Å²) in [4.78, 5) is 11.3. The molecular formula is C13H12ClN3O. The van der Waals surface area contributed by atoms with Gasteiger partial charge in [-0.25, -0.2) is 0 Å². The minimum Gasteiger partial charge on any atom is -0.399 e. The van der Waals surface area contributed by atoms with Crippen LogP contribution in [0.15, 0.2) is 42.5 Å². The lowest BCUT2D eigenvalue weighted by atomic mass is 10.1. The smallest absolute Gasteiger partial charge is 0.250 e. The Labute approximate surface area is 110 Å². The summed E-state index contributed by atoms with van der Waals surface area (Å²) in [6.07, 6.45) is 0. The number of carbonyl (C=O) groups excluding carboxylic acids is 1. The lowest BCUT2D eigenvalue weighted by Crippen LogP contribution is -2.13. The second-order valence-electron chi connectivity index (χ2n) is 3.80. The van der Waals surface area contributed by atoms with E-state index in [1.807, 2.05) is 12.1 Å². The molecule has 0 aliphatic rings. The molecule has 0 unspecified atom stereocenters. The van der Waals surface area contributed by atoms with E-state index in [1.54, 1.807) is 24.3 Å². The number of hydrogen-bond acceptors (Lipinski definition) is 3. The molecule has 0 aliphatic carbocycles. The number of primary amides is 1. The van der Waals surface area contributed by atoms with Gasteiger partial charge in [0.1, 0.15) is 0 Å². The Hall–Kier alpha value is -2.20. The Morgan fingerprint density at radius 2 is 1.94 bits per heavy atom.